The molecule has 3 heteroatoms. The fourth-order valence-corrected chi connectivity index (χ4v) is 3.33. The summed E-state index contributed by atoms with van der Waals surface area (Å²) >= 11 is 0. The summed E-state index contributed by atoms with van der Waals surface area (Å²) in [6.07, 6.45) is 1.62. The Balaban J connectivity index is 2.05. The second-order valence-corrected chi connectivity index (χ2v) is 6.92. The van der Waals surface area contributed by atoms with Gasteiger partial charge < -0.3 is 9.64 Å². The molecule has 0 saturated heterocycles. The molecule has 0 aliphatic heterocycles. The topological polar surface area (TPSA) is 29.5 Å². The molecule has 0 unspecified atom stereocenters. The van der Waals surface area contributed by atoms with E-state index in [0.717, 1.165) is 16.8 Å². The van der Waals surface area contributed by atoms with Crippen LogP contribution >= 0.6 is 0 Å². The van der Waals surface area contributed by atoms with Crippen molar-refractivity contribution in [2.24, 2.45) is 0 Å². The van der Waals surface area contributed by atoms with E-state index in [-0.39, 0.29) is 5.97 Å². The van der Waals surface area contributed by atoms with Crippen LogP contribution in [0.25, 0.3) is 5.70 Å². The van der Waals surface area contributed by atoms with E-state index in [1.807, 2.05) is 55.5 Å². The van der Waals surface area contributed by atoms with Gasteiger partial charge in [-0.15, -0.1) is 0 Å². The quantitative estimate of drug-likeness (QED) is 0.373. The third-order valence-electron chi connectivity index (χ3n) is 4.74. The van der Waals surface area contributed by atoms with Crippen molar-refractivity contribution < 1.29 is 9.53 Å². The summed E-state index contributed by atoms with van der Waals surface area (Å²) in [5.41, 5.74) is 5.40. The number of hydrogen-bond acceptors (Lipinski definition) is 3. The zero-order valence-electron chi connectivity index (χ0n) is 17.0. The zero-order valence-corrected chi connectivity index (χ0v) is 17.0. The van der Waals surface area contributed by atoms with E-state index in [1.165, 1.54) is 11.1 Å². The highest BCUT2D eigenvalue weighted by Gasteiger charge is 2.17. The van der Waals surface area contributed by atoms with Crippen molar-refractivity contribution in [3.05, 3.63) is 113 Å². The maximum absolute atomic E-state index is 12.4. The van der Waals surface area contributed by atoms with Gasteiger partial charge in [0.15, 0.2) is 0 Å². The van der Waals surface area contributed by atoms with Crippen LogP contribution in [0.5, 0.6) is 0 Å². The van der Waals surface area contributed by atoms with E-state index >= 15 is 0 Å². The third-order valence-corrected chi connectivity index (χ3v) is 4.74. The lowest BCUT2D eigenvalue weighted by molar-refractivity contribution is -0.137. The third kappa shape index (κ3) is 5.82. The number of esters is 1. The van der Waals surface area contributed by atoms with Crippen molar-refractivity contribution in [1.29, 1.82) is 0 Å². The molecule has 0 heterocycles. The molecule has 0 amide bonds. The summed E-state index contributed by atoms with van der Waals surface area (Å²) in [6.45, 7) is 5.63. The number of nitrogens with zero attached hydrogens (tertiary/aromatic N) is 1. The van der Waals surface area contributed by atoms with Gasteiger partial charge in [0.2, 0.25) is 0 Å². The van der Waals surface area contributed by atoms with Gasteiger partial charge in [-0.25, -0.2) is 4.79 Å². The minimum atomic E-state index is -0.322. The minimum Gasteiger partial charge on any atom is -0.463 e. The van der Waals surface area contributed by atoms with Crippen molar-refractivity contribution in [2.45, 2.75) is 26.9 Å². The number of aryl methyl sites for hydroxylation is 1. The molecule has 0 N–H and O–H groups in total. The lowest BCUT2D eigenvalue weighted by atomic mass is 10.0. The average molecular weight is 386 g/mol. The van der Waals surface area contributed by atoms with E-state index in [1.54, 1.807) is 6.08 Å². The van der Waals surface area contributed by atoms with E-state index < -0.39 is 0 Å². The van der Waals surface area contributed by atoms with Crippen LogP contribution in [0.3, 0.4) is 0 Å². The molecule has 29 heavy (non-hydrogen) atoms. The SMILES string of the molecule is CCOC(=O)/C=C(\c1ccccc1C)N(Cc1ccccc1)Cc1ccccc1. The van der Waals surface area contributed by atoms with Crippen LogP contribution in [0.2, 0.25) is 0 Å². The predicted octanol–water partition coefficient (Wildman–Crippen LogP) is 5.60. The summed E-state index contributed by atoms with van der Waals surface area (Å²) in [4.78, 5) is 14.7. The maximum Gasteiger partial charge on any atom is 0.332 e. The van der Waals surface area contributed by atoms with Gasteiger partial charge in [-0.2, -0.15) is 0 Å². The molecule has 148 valence electrons. The highest BCUT2D eigenvalue weighted by Crippen LogP contribution is 2.27. The molecule has 0 saturated carbocycles. The largest absolute Gasteiger partial charge is 0.463 e. The van der Waals surface area contributed by atoms with E-state index in [9.17, 15) is 4.79 Å². The molecule has 0 aliphatic carbocycles. The van der Waals surface area contributed by atoms with Gasteiger partial charge in [-0.05, 0) is 30.5 Å². The highest BCUT2D eigenvalue weighted by atomic mass is 16.5. The van der Waals surface area contributed by atoms with Crippen LogP contribution < -0.4 is 0 Å². The molecule has 0 aliphatic rings. The minimum absolute atomic E-state index is 0.322. The smallest absolute Gasteiger partial charge is 0.332 e. The lowest BCUT2D eigenvalue weighted by Gasteiger charge is -2.29. The normalized spacial score (nSPS) is 11.2. The Morgan fingerprint density at radius 1 is 0.828 bits per heavy atom. The van der Waals surface area contributed by atoms with Crippen molar-refractivity contribution >= 4 is 11.7 Å². The number of carbonyl (C=O) groups excluding carboxylic acids is 1. The fraction of sp³-hybridized carbons (Fsp3) is 0.192. The number of carbonyl (C=O) groups is 1. The van der Waals surface area contributed by atoms with Crippen LogP contribution in [0.15, 0.2) is 91.0 Å². The first-order valence-corrected chi connectivity index (χ1v) is 9.94. The molecule has 3 aromatic carbocycles. The Hall–Kier alpha value is -3.33. The van der Waals surface area contributed by atoms with E-state index in [2.05, 4.69) is 48.2 Å². The van der Waals surface area contributed by atoms with Crippen LogP contribution in [0.4, 0.5) is 0 Å². The van der Waals surface area contributed by atoms with Crippen molar-refractivity contribution in [2.75, 3.05) is 6.61 Å². The molecule has 0 atom stereocenters. The average Bonchev–Trinajstić information content (AvgIpc) is 2.74. The molecule has 0 spiro atoms. The Kier molecular flexibility index (Phi) is 7.23. The van der Waals surface area contributed by atoms with E-state index in [0.29, 0.717) is 19.7 Å². The summed E-state index contributed by atoms with van der Waals surface area (Å²) in [6, 6.07) is 28.8. The Bertz CT molecular complexity index is 907. The van der Waals surface area contributed by atoms with Gasteiger partial charge >= 0.3 is 5.97 Å². The summed E-state index contributed by atoms with van der Waals surface area (Å²) in [5.74, 6) is -0.322. The second kappa shape index (κ2) is 10.3. The first-order valence-electron chi connectivity index (χ1n) is 9.94. The molecule has 0 fully saturated rings. The van der Waals surface area contributed by atoms with Gasteiger partial charge in [0.25, 0.3) is 0 Å². The monoisotopic (exact) mass is 385 g/mol. The van der Waals surface area contributed by atoms with Crippen molar-refractivity contribution in [3.8, 4) is 0 Å². The van der Waals surface area contributed by atoms with Gasteiger partial charge in [0.1, 0.15) is 0 Å². The molecular weight excluding hydrogens is 358 g/mol. The fourth-order valence-electron chi connectivity index (χ4n) is 3.33. The first-order chi connectivity index (χ1) is 14.2. The molecule has 0 bridgehead atoms. The Morgan fingerprint density at radius 2 is 1.34 bits per heavy atom. The van der Waals surface area contributed by atoms with Crippen molar-refractivity contribution in [1.82, 2.24) is 4.90 Å². The van der Waals surface area contributed by atoms with Crippen molar-refractivity contribution in [3.63, 3.8) is 0 Å². The van der Waals surface area contributed by atoms with E-state index in [4.69, 9.17) is 4.74 Å². The Labute approximate surface area is 173 Å². The van der Waals surface area contributed by atoms with Gasteiger partial charge in [-0.1, -0.05) is 84.9 Å². The second-order valence-electron chi connectivity index (χ2n) is 6.92. The molecule has 3 aromatic rings. The summed E-state index contributed by atoms with van der Waals surface area (Å²) in [5, 5.41) is 0. The standard InChI is InChI=1S/C26H27NO2/c1-3-29-26(28)18-25(24-17-11-10-12-21(24)2)27(19-22-13-6-4-7-14-22)20-23-15-8-5-9-16-23/h4-18H,3,19-20H2,1-2H3/b25-18+. The molecule has 0 aromatic heterocycles. The van der Waals surface area contributed by atoms with Crippen LogP contribution in [0.1, 0.15) is 29.2 Å². The zero-order chi connectivity index (χ0) is 20.5. The van der Waals surface area contributed by atoms with Gasteiger partial charge in [0, 0.05) is 24.7 Å². The predicted molar refractivity (Wildman–Crippen MR) is 118 cm³/mol. The van der Waals surface area contributed by atoms with Gasteiger partial charge in [0.05, 0.1) is 12.3 Å². The molecular formula is C26H27NO2. The van der Waals surface area contributed by atoms with Crippen LogP contribution in [-0.4, -0.2) is 17.5 Å². The van der Waals surface area contributed by atoms with Crippen LogP contribution in [-0.2, 0) is 22.6 Å². The number of rotatable bonds is 8. The number of ether oxygens (including phenoxy) is 1. The Morgan fingerprint density at radius 3 is 1.86 bits per heavy atom. The first kappa shape index (κ1) is 20.4. The van der Waals surface area contributed by atoms with Crippen LogP contribution in [0, 0.1) is 6.92 Å². The van der Waals surface area contributed by atoms with Gasteiger partial charge in [-0.3, -0.25) is 0 Å². The number of hydrogen-bond donors (Lipinski definition) is 0. The molecule has 3 nitrogen and oxygen atoms in total. The lowest BCUT2D eigenvalue weighted by Crippen LogP contribution is -2.23. The number of benzene rings is 3. The summed E-state index contributed by atoms with van der Waals surface area (Å²) in [7, 11) is 0. The maximum atomic E-state index is 12.4. The summed E-state index contributed by atoms with van der Waals surface area (Å²) < 4.78 is 5.24. The molecule has 0 radical (unpaired) electrons. The highest BCUT2D eigenvalue weighted by molar-refractivity contribution is 5.91. The molecule has 3 rings (SSSR count).